The maximum Gasteiger partial charge on any atom is 0.255 e. The van der Waals surface area contributed by atoms with Gasteiger partial charge in [0.25, 0.3) is 5.91 Å². The summed E-state index contributed by atoms with van der Waals surface area (Å²) < 4.78 is 1.07. The fourth-order valence-electron chi connectivity index (χ4n) is 2.12. The zero-order chi connectivity index (χ0) is 14.8. The van der Waals surface area contributed by atoms with Crippen molar-refractivity contribution in [2.45, 2.75) is 12.8 Å². The summed E-state index contributed by atoms with van der Waals surface area (Å²) in [5.74, 6) is 0.260. The van der Waals surface area contributed by atoms with E-state index < -0.39 is 0 Å². The number of rotatable bonds is 3. The highest BCUT2D eigenvalue weighted by molar-refractivity contribution is 7.18. The Kier molecular flexibility index (Phi) is 3.90. The first-order valence-corrected chi connectivity index (χ1v) is 7.84. The maximum absolute atomic E-state index is 12.3. The standard InChI is InChI=1S/C16H13ClN2OS/c1-10-18-14-6-5-13(8-15(14)21-10)19-16(20)12-4-2-3-11(7-12)9-17/h2-8H,9H2,1H3,(H,19,20). The third kappa shape index (κ3) is 3.06. The number of hydrogen-bond donors (Lipinski definition) is 1. The Bertz CT molecular complexity index is 813. The number of nitrogens with zero attached hydrogens (tertiary/aromatic N) is 1. The molecular formula is C16H13ClN2OS. The second kappa shape index (κ2) is 5.84. The van der Waals surface area contributed by atoms with Crippen LogP contribution in [0.4, 0.5) is 5.69 Å². The number of halogens is 1. The van der Waals surface area contributed by atoms with E-state index >= 15 is 0 Å². The van der Waals surface area contributed by atoms with Crippen molar-refractivity contribution < 1.29 is 4.79 Å². The number of hydrogen-bond acceptors (Lipinski definition) is 3. The molecule has 106 valence electrons. The van der Waals surface area contributed by atoms with Crippen molar-refractivity contribution in [3.63, 3.8) is 0 Å². The molecule has 0 fully saturated rings. The van der Waals surface area contributed by atoms with Crippen LogP contribution in [0.2, 0.25) is 0 Å². The molecule has 0 aliphatic heterocycles. The number of nitrogens with one attached hydrogen (secondary N) is 1. The van der Waals surface area contributed by atoms with E-state index in [2.05, 4.69) is 10.3 Å². The number of carbonyl (C=O) groups is 1. The molecule has 0 radical (unpaired) electrons. The van der Waals surface area contributed by atoms with E-state index in [0.717, 1.165) is 26.5 Å². The SMILES string of the molecule is Cc1nc2ccc(NC(=O)c3cccc(CCl)c3)cc2s1. The molecule has 2 aromatic carbocycles. The Morgan fingerprint density at radius 2 is 2.14 bits per heavy atom. The molecule has 0 saturated carbocycles. The summed E-state index contributed by atoms with van der Waals surface area (Å²) in [7, 11) is 0. The van der Waals surface area contributed by atoms with Crippen LogP contribution in [0.25, 0.3) is 10.2 Å². The van der Waals surface area contributed by atoms with Crippen molar-refractivity contribution in [1.29, 1.82) is 0 Å². The first kappa shape index (κ1) is 14.0. The lowest BCUT2D eigenvalue weighted by Crippen LogP contribution is -2.11. The first-order valence-electron chi connectivity index (χ1n) is 6.49. The normalized spacial score (nSPS) is 10.8. The zero-order valence-electron chi connectivity index (χ0n) is 11.4. The molecule has 5 heteroatoms. The minimum absolute atomic E-state index is 0.137. The molecule has 0 aliphatic rings. The average Bonchev–Trinajstić information content (AvgIpc) is 2.86. The average molecular weight is 317 g/mol. The van der Waals surface area contributed by atoms with Crippen LogP contribution in [0, 0.1) is 6.92 Å². The molecule has 0 saturated heterocycles. The van der Waals surface area contributed by atoms with Crippen LogP contribution in [0.3, 0.4) is 0 Å². The minimum Gasteiger partial charge on any atom is -0.322 e. The van der Waals surface area contributed by atoms with Crippen LogP contribution in [0.15, 0.2) is 42.5 Å². The molecule has 0 unspecified atom stereocenters. The van der Waals surface area contributed by atoms with E-state index in [9.17, 15) is 4.79 Å². The largest absolute Gasteiger partial charge is 0.322 e. The quantitative estimate of drug-likeness (QED) is 0.718. The van der Waals surface area contributed by atoms with Gasteiger partial charge in [0, 0.05) is 17.1 Å². The van der Waals surface area contributed by atoms with Gasteiger partial charge in [-0.1, -0.05) is 12.1 Å². The van der Waals surface area contributed by atoms with Gasteiger partial charge < -0.3 is 5.32 Å². The topological polar surface area (TPSA) is 42.0 Å². The van der Waals surface area contributed by atoms with Gasteiger partial charge >= 0.3 is 0 Å². The summed E-state index contributed by atoms with van der Waals surface area (Å²) in [4.78, 5) is 16.7. The van der Waals surface area contributed by atoms with Gasteiger partial charge in [0.15, 0.2) is 0 Å². The lowest BCUT2D eigenvalue weighted by molar-refractivity contribution is 0.102. The molecule has 1 heterocycles. The summed E-state index contributed by atoms with van der Waals surface area (Å²) in [6.07, 6.45) is 0. The van der Waals surface area contributed by atoms with Crippen molar-refractivity contribution in [3.05, 3.63) is 58.6 Å². The summed E-state index contributed by atoms with van der Waals surface area (Å²) in [6, 6.07) is 13.1. The van der Waals surface area contributed by atoms with Crippen LogP contribution < -0.4 is 5.32 Å². The molecule has 3 aromatic rings. The molecule has 0 atom stereocenters. The molecule has 1 aromatic heterocycles. The Morgan fingerprint density at radius 3 is 2.95 bits per heavy atom. The lowest BCUT2D eigenvalue weighted by atomic mass is 10.1. The van der Waals surface area contributed by atoms with Crippen LogP contribution in [0.5, 0.6) is 0 Å². The highest BCUT2D eigenvalue weighted by atomic mass is 35.5. The Labute approximate surface area is 131 Å². The fraction of sp³-hybridized carbons (Fsp3) is 0.125. The third-order valence-electron chi connectivity index (χ3n) is 3.10. The summed E-state index contributed by atoms with van der Waals surface area (Å²) in [5.41, 5.74) is 3.26. The Morgan fingerprint density at radius 1 is 1.29 bits per heavy atom. The minimum atomic E-state index is -0.137. The highest BCUT2D eigenvalue weighted by Crippen LogP contribution is 2.25. The number of aromatic nitrogens is 1. The van der Waals surface area contributed by atoms with Crippen molar-refractivity contribution >= 4 is 44.7 Å². The van der Waals surface area contributed by atoms with Gasteiger partial charge in [0.05, 0.1) is 15.2 Å². The second-order valence-electron chi connectivity index (χ2n) is 4.70. The van der Waals surface area contributed by atoms with Crippen LogP contribution in [-0.4, -0.2) is 10.9 Å². The van der Waals surface area contributed by atoms with Crippen molar-refractivity contribution in [1.82, 2.24) is 4.98 Å². The van der Waals surface area contributed by atoms with Gasteiger partial charge in [-0.25, -0.2) is 4.98 Å². The van der Waals surface area contributed by atoms with E-state index in [1.807, 2.05) is 37.3 Å². The van der Waals surface area contributed by atoms with Crippen LogP contribution >= 0.6 is 22.9 Å². The van der Waals surface area contributed by atoms with E-state index in [-0.39, 0.29) is 5.91 Å². The highest BCUT2D eigenvalue weighted by Gasteiger charge is 2.08. The molecule has 0 bridgehead atoms. The number of alkyl halides is 1. The van der Waals surface area contributed by atoms with Crippen molar-refractivity contribution in [2.75, 3.05) is 5.32 Å². The molecule has 1 amide bonds. The number of aryl methyl sites for hydroxylation is 1. The Hall–Kier alpha value is -1.91. The molecule has 0 spiro atoms. The van der Waals surface area contributed by atoms with Gasteiger partial charge in [0.1, 0.15) is 0 Å². The van der Waals surface area contributed by atoms with Gasteiger partial charge in [-0.15, -0.1) is 22.9 Å². The molecule has 3 rings (SSSR count). The van der Waals surface area contributed by atoms with Gasteiger partial charge in [-0.05, 0) is 42.8 Å². The van der Waals surface area contributed by atoms with E-state index in [4.69, 9.17) is 11.6 Å². The zero-order valence-corrected chi connectivity index (χ0v) is 13.0. The molecule has 21 heavy (non-hydrogen) atoms. The van der Waals surface area contributed by atoms with Crippen LogP contribution in [-0.2, 0) is 5.88 Å². The molecule has 3 nitrogen and oxygen atoms in total. The predicted molar refractivity (Wildman–Crippen MR) is 88.3 cm³/mol. The van der Waals surface area contributed by atoms with Gasteiger partial charge in [-0.2, -0.15) is 0 Å². The number of amides is 1. The lowest BCUT2D eigenvalue weighted by Gasteiger charge is -2.06. The number of anilines is 1. The number of benzene rings is 2. The monoisotopic (exact) mass is 316 g/mol. The first-order chi connectivity index (χ1) is 10.2. The smallest absolute Gasteiger partial charge is 0.255 e. The second-order valence-corrected chi connectivity index (χ2v) is 6.21. The predicted octanol–water partition coefficient (Wildman–Crippen LogP) is 4.60. The Balaban J connectivity index is 1.84. The van der Waals surface area contributed by atoms with Crippen molar-refractivity contribution in [3.8, 4) is 0 Å². The van der Waals surface area contributed by atoms with Crippen LogP contribution in [0.1, 0.15) is 20.9 Å². The molecular weight excluding hydrogens is 304 g/mol. The van der Waals surface area contributed by atoms with Gasteiger partial charge in [0.2, 0.25) is 0 Å². The summed E-state index contributed by atoms with van der Waals surface area (Å²) in [5, 5.41) is 3.92. The third-order valence-corrected chi connectivity index (χ3v) is 4.34. The summed E-state index contributed by atoms with van der Waals surface area (Å²) in [6.45, 7) is 1.97. The summed E-state index contributed by atoms with van der Waals surface area (Å²) >= 11 is 7.41. The van der Waals surface area contributed by atoms with E-state index in [1.54, 1.807) is 23.5 Å². The van der Waals surface area contributed by atoms with Crippen molar-refractivity contribution in [2.24, 2.45) is 0 Å². The maximum atomic E-state index is 12.3. The number of carbonyl (C=O) groups excluding carboxylic acids is 1. The molecule has 0 aliphatic carbocycles. The van der Waals surface area contributed by atoms with Gasteiger partial charge in [-0.3, -0.25) is 4.79 Å². The number of thiazole rings is 1. The number of fused-ring (bicyclic) bond motifs is 1. The van der Waals surface area contributed by atoms with E-state index in [0.29, 0.717) is 11.4 Å². The van der Waals surface area contributed by atoms with E-state index in [1.165, 1.54) is 0 Å². The fourth-order valence-corrected chi connectivity index (χ4v) is 3.15. The molecule has 1 N–H and O–H groups in total.